The summed E-state index contributed by atoms with van der Waals surface area (Å²) in [5, 5.41) is 0. The Kier molecular flexibility index (Phi) is 3.75. The molecule has 1 aromatic carbocycles. The number of nitrogens with two attached hydrogens (primary N) is 1. The summed E-state index contributed by atoms with van der Waals surface area (Å²) in [4.78, 5) is 22.8. The second-order valence-corrected chi connectivity index (χ2v) is 4.56. The number of H-pyrrole nitrogens is 1. The van der Waals surface area contributed by atoms with E-state index in [1.54, 1.807) is 31.4 Å². The summed E-state index contributed by atoms with van der Waals surface area (Å²) in [6, 6.07) is 7.10. The van der Waals surface area contributed by atoms with E-state index >= 15 is 0 Å². The molecule has 22 heavy (non-hydrogen) atoms. The summed E-state index contributed by atoms with van der Waals surface area (Å²) in [6.45, 7) is 0.979. The Morgan fingerprint density at radius 2 is 2.00 bits per heavy atom. The smallest absolute Gasteiger partial charge is 0.332 e. The van der Waals surface area contributed by atoms with E-state index in [1.165, 1.54) is 10.9 Å². The zero-order valence-corrected chi connectivity index (χ0v) is 11.9. The molecule has 0 amide bonds. The number of nitrogens with zero attached hydrogens (tertiary/aromatic N) is 3. The number of ether oxygens (including phenoxy) is 2. The Balaban J connectivity index is 1.96. The molecule has 3 N–H and O–H groups in total. The number of benzene rings is 1. The third-order valence-electron chi connectivity index (χ3n) is 3.15. The number of aromatic nitrogens is 4. The van der Waals surface area contributed by atoms with Gasteiger partial charge >= 0.3 is 5.69 Å². The minimum Gasteiger partial charge on any atom is -0.491 e. The van der Waals surface area contributed by atoms with Crippen LogP contribution in [0.25, 0.3) is 16.9 Å². The lowest BCUT2D eigenvalue weighted by molar-refractivity contribution is 0.146. The minimum absolute atomic E-state index is 0.236. The Morgan fingerprint density at radius 1 is 1.23 bits per heavy atom. The Morgan fingerprint density at radius 3 is 2.73 bits per heavy atom. The fourth-order valence-corrected chi connectivity index (χ4v) is 2.11. The van der Waals surface area contributed by atoms with E-state index in [2.05, 4.69) is 15.0 Å². The maximum atomic E-state index is 12.1. The molecular formula is C14H15N5O3. The molecular weight excluding hydrogens is 286 g/mol. The first kappa shape index (κ1) is 14.1. The average molecular weight is 301 g/mol. The van der Waals surface area contributed by atoms with Crippen LogP contribution in [0.3, 0.4) is 0 Å². The molecule has 8 heteroatoms. The lowest BCUT2D eigenvalue weighted by Gasteiger charge is -2.07. The lowest BCUT2D eigenvalue weighted by Crippen LogP contribution is -2.14. The number of nitrogen functional groups attached to an aromatic ring is 1. The SMILES string of the molecule is COCCOc1ccc(-n2c(=O)[nH]c3c(N)ncnc32)cc1. The molecule has 2 aromatic heterocycles. The van der Waals surface area contributed by atoms with Crippen molar-refractivity contribution in [2.45, 2.75) is 0 Å². The first-order valence-corrected chi connectivity index (χ1v) is 6.64. The number of hydrogen-bond acceptors (Lipinski definition) is 6. The molecule has 0 saturated carbocycles. The third-order valence-corrected chi connectivity index (χ3v) is 3.15. The van der Waals surface area contributed by atoms with Crippen LogP contribution in [0.2, 0.25) is 0 Å². The van der Waals surface area contributed by atoms with Crippen LogP contribution in [-0.2, 0) is 4.74 Å². The van der Waals surface area contributed by atoms with E-state index in [1.807, 2.05) is 0 Å². The van der Waals surface area contributed by atoms with E-state index < -0.39 is 0 Å². The molecule has 0 aliphatic carbocycles. The second-order valence-electron chi connectivity index (χ2n) is 4.56. The quantitative estimate of drug-likeness (QED) is 0.672. The van der Waals surface area contributed by atoms with Gasteiger partial charge in [-0.05, 0) is 24.3 Å². The summed E-state index contributed by atoms with van der Waals surface area (Å²) in [7, 11) is 1.61. The van der Waals surface area contributed by atoms with E-state index in [0.29, 0.717) is 35.8 Å². The molecule has 0 aliphatic heterocycles. The largest absolute Gasteiger partial charge is 0.491 e. The van der Waals surface area contributed by atoms with Crippen molar-refractivity contribution in [1.29, 1.82) is 0 Å². The number of methoxy groups -OCH3 is 1. The average Bonchev–Trinajstić information content (AvgIpc) is 2.86. The highest BCUT2D eigenvalue weighted by Gasteiger charge is 2.12. The number of nitrogens with one attached hydrogen (secondary N) is 1. The maximum absolute atomic E-state index is 12.1. The van der Waals surface area contributed by atoms with Crippen molar-refractivity contribution in [2.75, 3.05) is 26.1 Å². The van der Waals surface area contributed by atoms with Crippen molar-refractivity contribution in [1.82, 2.24) is 19.5 Å². The van der Waals surface area contributed by atoms with E-state index in [-0.39, 0.29) is 11.5 Å². The highest BCUT2D eigenvalue weighted by Crippen LogP contribution is 2.19. The lowest BCUT2D eigenvalue weighted by atomic mass is 10.3. The maximum Gasteiger partial charge on any atom is 0.332 e. The summed E-state index contributed by atoms with van der Waals surface area (Å²) in [5.41, 5.74) is 6.94. The van der Waals surface area contributed by atoms with Gasteiger partial charge in [-0.3, -0.25) is 0 Å². The Hall–Kier alpha value is -2.87. The topological polar surface area (TPSA) is 108 Å². The van der Waals surface area contributed by atoms with Crippen LogP contribution < -0.4 is 16.2 Å². The molecule has 3 aromatic rings. The van der Waals surface area contributed by atoms with Gasteiger partial charge in [-0.2, -0.15) is 0 Å². The molecule has 0 fully saturated rings. The number of hydrogen-bond donors (Lipinski definition) is 2. The van der Waals surface area contributed by atoms with Crippen LogP contribution in [0, 0.1) is 0 Å². The Labute approximate surface area is 125 Å². The van der Waals surface area contributed by atoms with E-state index in [0.717, 1.165) is 0 Å². The van der Waals surface area contributed by atoms with Crippen molar-refractivity contribution in [3.63, 3.8) is 0 Å². The molecule has 114 valence electrons. The molecule has 0 saturated heterocycles. The molecule has 0 radical (unpaired) electrons. The van der Waals surface area contributed by atoms with Gasteiger partial charge in [0.15, 0.2) is 11.5 Å². The second kappa shape index (κ2) is 5.86. The third kappa shape index (κ3) is 2.51. The van der Waals surface area contributed by atoms with Gasteiger partial charge in [-0.25, -0.2) is 19.3 Å². The zero-order valence-electron chi connectivity index (χ0n) is 11.9. The monoisotopic (exact) mass is 301 g/mol. The van der Waals surface area contributed by atoms with Gasteiger partial charge in [0.1, 0.15) is 24.2 Å². The summed E-state index contributed by atoms with van der Waals surface area (Å²) < 4.78 is 11.8. The van der Waals surface area contributed by atoms with Crippen molar-refractivity contribution in [2.24, 2.45) is 0 Å². The van der Waals surface area contributed by atoms with Crippen LogP contribution >= 0.6 is 0 Å². The van der Waals surface area contributed by atoms with Gasteiger partial charge in [0.05, 0.1) is 12.3 Å². The molecule has 0 spiro atoms. The number of anilines is 1. The normalized spacial score (nSPS) is 11.0. The molecule has 0 bridgehead atoms. The van der Waals surface area contributed by atoms with Gasteiger partial charge < -0.3 is 20.2 Å². The minimum atomic E-state index is -0.324. The Bertz CT molecular complexity index is 838. The van der Waals surface area contributed by atoms with E-state index in [9.17, 15) is 4.79 Å². The first-order valence-electron chi connectivity index (χ1n) is 6.64. The zero-order chi connectivity index (χ0) is 15.5. The van der Waals surface area contributed by atoms with E-state index in [4.69, 9.17) is 15.2 Å². The predicted octanol–water partition coefficient (Wildman–Crippen LogP) is 0.716. The molecule has 2 heterocycles. The summed E-state index contributed by atoms with van der Waals surface area (Å²) in [5.74, 6) is 0.934. The predicted molar refractivity (Wildman–Crippen MR) is 81.3 cm³/mol. The first-order chi connectivity index (χ1) is 10.7. The molecule has 0 unspecified atom stereocenters. The summed E-state index contributed by atoms with van der Waals surface area (Å²) >= 11 is 0. The van der Waals surface area contributed by atoms with Gasteiger partial charge in [0.2, 0.25) is 0 Å². The van der Waals surface area contributed by atoms with Crippen LogP contribution in [-0.4, -0.2) is 39.8 Å². The highest BCUT2D eigenvalue weighted by molar-refractivity contribution is 5.82. The molecule has 0 atom stereocenters. The van der Waals surface area contributed by atoms with Gasteiger partial charge in [-0.15, -0.1) is 0 Å². The van der Waals surface area contributed by atoms with Crippen molar-refractivity contribution in [3.8, 4) is 11.4 Å². The van der Waals surface area contributed by atoms with Crippen LogP contribution in [0.1, 0.15) is 0 Å². The van der Waals surface area contributed by atoms with Crippen LogP contribution in [0.15, 0.2) is 35.4 Å². The van der Waals surface area contributed by atoms with Crippen molar-refractivity contribution < 1.29 is 9.47 Å². The molecule has 3 rings (SSSR count). The van der Waals surface area contributed by atoms with Crippen molar-refractivity contribution in [3.05, 3.63) is 41.1 Å². The fraction of sp³-hybridized carbons (Fsp3) is 0.214. The highest BCUT2D eigenvalue weighted by atomic mass is 16.5. The molecule has 8 nitrogen and oxygen atoms in total. The summed E-state index contributed by atoms with van der Waals surface area (Å²) in [6.07, 6.45) is 1.32. The number of rotatable bonds is 5. The number of aromatic amines is 1. The van der Waals surface area contributed by atoms with Gasteiger partial charge in [0.25, 0.3) is 0 Å². The van der Waals surface area contributed by atoms with Crippen LogP contribution in [0.5, 0.6) is 5.75 Å². The number of fused-ring (bicyclic) bond motifs is 1. The fourth-order valence-electron chi connectivity index (χ4n) is 2.11. The molecule has 0 aliphatic rings. The van der Waals surface area contributed by atoms with Gasteiger partial charge in [0, 0.05) is 7.11 Å². The number of imidazole rings is 1. The van der Waals surface area contributed by atoms with Crippen LogP contribution in [0.4, 0.5) is 5.82 Å². The van der Waals surface area contributed by atoms with Gasteiger partial charge in [-0.1, -0.05) is 0 Å². The standard InChI is InChI=1S/C14H15N5O3/c1-21-6-7-22-10-4-2-9(3-5-10)19-13-11(18-14(19)20)12(15)16-8-17-13/h2-5,8H,6-7H2,1H3,(H,18,20)(H2,15,16,17). The van der Waals surface area contributed by atoms with Crippen molar-refractivity contribution >= 4 is 17.0 Å².